The summed E-state index contributed by atoms with van der Waals surface area (Å²) in [6.07, 6.45) is -0.785. The number of aliphatic hydroxyl groups is 1. The molecule has 0 radical (unpaired) electrons. The Hall–Kier alpha value is -1.29. The molecule has 2 rings (SSSR count). The second-order valence-corrected chi connectivity index (χ2v) is 5.23. The lowest BCUT2D eigenvalue weighted by atomic mass is 10.0. The van der Waals surface area contributed by atoms with Gasteiger partial charge in [0.15, 0.2) is 11.6 Å². The smallest absolute Gasteiger partial charge is 0.168 e. The summed E-state index contributed by atoms with van der Waals surface area (Å²) in [6, 6.07) is 9.60. The third-order valence-electron chi connectivity index (χ3n) is 2.95. The third-order valence-corrected chi connectivity index (χ3v) is 3.38. The predicted octanol–water partition coefficient (Wildman–Crippen LogP) is 4.42. The minimum atomic E-state index is -0.896. The molecule has 0 saturated carbocycles. The van der Waals surface area contributed by atoms with Crippen molar-refractivity contribution in [1.29, 1.82) is 0 Å². The normalized spacial score (nSPS) is 12.2. The maximum absolute atomic E-state index is 14.0. The van der Waals surface area contributed by atoms with E-state index < -0.39 is 11.9 Å². The van der Waals surface area contributed by atoms with Crippen LogP contribution in [0.5, 0.6) is 5.75 Å². The van der Waals surface area contributed by atoms with Crippen LogP contribution in [0.3, 0.4) is 0 Å². The number of aliphatic hydroxyl groups excluding tert-OH is 1. The highest BCUT2D eigenvalue weighted by atomic mass is 35.5. The lowest BCUT2D eigenvalue weighted by molar-refractivity contribution is 0.177. The molecule has 0 amide bonds. The van der Waals surface area contributed by atoms with Crippen molar-refractivity contribution in [3.05, 3.63) is 63.4 Å². The van der Waals surface area contributed by atoms with E-state index in [1.807, 2.05) is 0 Å². The van der Waals surface area contributed by atoms with Crippen molar-refractivity contribution < 1.29 is 14.2 Å². The Balaban J connectivity index is 2.25. The minimum absolute atomic E-state index is 0.111. The van der Waals surface area contributed by atoms with Gasteiger partial charge in [0.25, 0.3) is 0 Å². The summed E-state index contributed by atoms with van der Waals surface area (Å²) in [5.41, 5.74) is 0.915. The van der Waals surface area contributed by atoms with Crippen molar-refractivity contribution in [3.63, 3.8) is 0 Å². The summed E-state index contributed by atoms with van der Waals surface area (Å²) in [5, 5.41) is 11.0. The molecule has 0 bridgehead atoms. The first kappa shape index (κ1) is 15.1. The van der Waals surface area contributed by atoms with Crippen LogP contribution in [-0.4, -0.2) is 12.2 Å². The quantitative estimate of drug-likeness (QED) is 0.905. The zero-order valence-electron chi connectivity index (χ0n) is 10.7. The third kappa shape index (κ3) is 3.42. The molecule has 0 fully saturated rings. The van der Waals surface area contributed by atoms with E-state index in [1.54, 1.807) is 30.3 Å². The maximum atomic E-state index is 14.0. The number of ether oxygens (including phenoxy) is 1. The zero-order valence-corrected chi connectivity index (χ0v) is 12.2. The summed E-state index contributed by atoms with van der Waals surface area (Å²) in [6.45, 7) is 0. The van der Waals surface area contributed by atoms with E-state index in [4.69, 9.17) is 27.9 Å². The molecule has 0 aromatic heterocycles. The van der Waals surface area contributed by atoms with Crippen molar-refractivity contribution in [1.82, 2.24) is 0 Å². The average Bonchev–Trinajstić information content (AvgIpc) is 2.40. The lowest BCUT2D eigenvalue weighted by Gasteiger charge is -2.13. The van der Waals surface area contributed by atoms with Crippen LogP contribution in [0.25, 0.3) is 0 Å². The van der Waals surface area contributed by atoms with Crippen molar-refractivity contribution in [2.24, 2.45) is 0 Å². The summed E-state index contributed by atoms with van der Waals surface area (Å²) in [5.74, 6) is -0.319. The Labute approximate surface area is 126 Å². The number of halogens is 3. The second kappa shape index (κ2) is 6.44. The van der Waals surface area contributed by atoms with Gasteiger partial charge < -0.3 is 9.84 Å². The van der Waals surface area contributed by atoms with E-state index in [-0.39, 0.29) is 12.2 Å². The van der Waals surface area contributed by atoms with Gasteiger partial charge in [0.2, 0.25) is 0 Å². The van der Waals surface area contributed by atoms with Gasteiger partial charge in [0.05, 0.1) is 13.2 Å². The second-order valence-electron chi connectivity index (χ2n) is 4.36. The molecule has 0 aliphatic heterocycles. The number of hydrogen-bond acceptors (Lipinski definition) is 2. The summed E-state index contributed by atoms with van der Waals surface area (Å²) in [4.78, 5) is 0. The Morgan fingerprint density at radius 3 is 2.45 bits per heavy atom. The molecule has 1 atom stereocenters. The highest BCUT2D eigenvalue weighted by Gasteiger charge is 2.15. The molecule has 2 aromatic rings. The Morgan fingerprint density at radius 1 is 1.20 bits per heavy atom. The highest BCUT2D eigenvalue weighted by Crippen LogP contribution is 2.28. The van der Waals surface area contributed by atoms with Crippen LogP contribution in [0.2, 0.25) is 10.0 Å². The van der Waals surface area contributed by atoms with E-state index in [9.17, 15) is 9.50 Å². The fraction of sp³-hybridized carbons (Fsp3) is 0.200. The van der Waals surface area contributed by atoms with E-state index in [0.717, 1.165) is 0 Å². The summed E-state index contributed by atoms with van der Waals surface area (Å²) < 4.78 is 18.9. The van der Waals surface area contributed by atoms with Crippen molar-refractivity contribution in [2.45, 2.75) is 12.5 Å². The topological polar surface area (TPSA) is 29.5 Å². The van der Waals surface area contributed by atoms with E-state index in [0.29, 0.717) is 21.2 Å². The monoisotopic (exact) mass is 314 g/mol. The summed E-state index contributed by atoms with van der Waals surface area (Å²) >= 11 is 11.8. The van der Waals surface area contributed by atoms with Crippen LogP contribution in [-0.2, 0) is 6.42 Å². The molecule has 0 saturated heterocycles. The first-order chi connectivity index (χ1) is 9.51. The molecule has 106 valence electrons. The van der Waals surface area contributed by atoms with Crippen LogP contribution < -0.4 is 4.74 Å². The van der Waals surface area contributed by atoms with Gasteiger partial charge in [-0.3, -0.25) is 0 Å². The van der Waals surface area contributed by atoms with Gasteiger partial charge in [-0.1, -0.05) is 35.3 Å². The number of rotatable bonds is 4. The van der Waals surface area contributed by atoms with Gasteiger partial charge in [-0.25, -0.2) is 4.39 Å². The lowest BCUT2D eigenvalue weighted by Crippen LogP contribution is -2.04. The molecule has 20 heavy (non-hydrogen) atoms. The molecule has 1 N–H and O–H groups in total. The van der Waals surface area contributed by atoms with Crippen LogP contribution in [0.1, 0.15) is 17.2 Å². The largest absolute Gasteiger partial charge is 0.494 e. The molecule has 0 aliphatic rings. The van der Waals surface area contributed by atoms with E-state index in [2.05, 4.69) is 0 Å². The molecule has 2 aromatic carbocycles. The fourth-order valence-electron chi connectivity index (χ4n) is 1.97. The zero-order chi connectivity index (χ0) is 14.7. The first-order valence-corrected chi connectivity index (χ1v) is 6.72. The fourth-order valence-corrected chi connectivity index (χ4v) is 2.51. The average molecular weight is 315 g/mol. The minimum Gasteiger partial charge on any atom is -0.494 e. The van der Waals surface area contributed by atoms with E-state index in [1.165, 1.54) is 13.2 Å². The van der Waals surface area contributed by atoms with Gasteiger partial charge in [-0.05, 0) is 35.4 Å². The predicted molar refractivity (Wildman–Crippen MR) is 78.1 cm³/mol. The van der Waals surface area contributed by atoms with Gasteiger partial charge in [-0.2, -0.15) is 0 Å². The molecule has 0 spiro atoms. The van der Waals surface area contributed by atoms with Crippen molar-refractivity contribution >= 4 is 23.2 Å². The highest BCUT2D eigenvalue weighted by molar-refractivity contribution is 6.34. The summed E-state index contributed by atoms with van der Waals surface area (Å²) in [7, 11) is 1.40. The maximum Gasteiger partial charge on any atom is 0.168 e. The molecule has 1 unspecified atom stereocenters. The number of benzene rings is 2. The Bertz CT molecular complexity index is 597. The SMILES string of the molecule is COc1cccc(CC(O)c2cc(Cl)cc(Cl)c2)c1F. The van der Waals surface area contributed by atoms with Crippen LogP contribution in [0, 0.1) is 5.82 Å². The van der Waals surface area contributed by atoms with Crippen molar-refractivity contribution in [2.75, 3.05) is 7.11 Å². The Morgan fingerprint density at radius 2 is 1.85 bits per heavy atom. The van der Waals surface area contributed by atoms with Crippen LogP contribution >= 0.6 is 23.2 Å². The first-order valence-electron chi connectivity index (χ1n) is 5.96. The number of hydrogen-bond donors (Lipinski definition) is 1. The van der Waals surface area contributed by atoms with Gasteiger partial charge in [-0.15, -0.1) is 0 Å². The van der Waals surface area contributed by atoms with Crippen LogP contribution in [0.4, 0.5) is 4.39 Å². The van der Waals surface area contributed by atoms with Crippen LogP contribution in [0.15, 0.2) is 36.4 Å². The molecular formula is C15H13Cl2FO2. The van der Waals surface area contributed by atoms with E-state index >= 15 is 0 Å². The number of methoxy groups -OCH3 is 1. The standard InChI is InChI=1S/C15H13Cl2FO2/c1-20-14-4-2-3-9(15(14)18)7-13(19)10-5-11(16)8-12(17)6-10/h2-6,8,13,19H,7H2,1H3. The Kier molecular flexibility index (Phi) is 4.86. The van der Waals surface area contributed by atoms with Gasteiger partial charge >= 0.3 is 0 Å². The molecule has 2 nitrogen and oxygen atoms in total. The molecule has 5 heteroatoms. The molecular weight excluding hydrogens is 302 g/mol. The molecule has 0 aliphatic carbocycles. The molecule has 0 heterocycles. The van der Waals surface area contributed by atoms with Gasteiger partial charge in [0.1, 0.15) is 0 Å². The van der Waals surface area contributed by atoms with Crippen molar-refractivity contribution in [3.8, 4) is 5.75 Å². The van der Waals surface area contributed by atoms with Gasteiger partial charge in [0, 0.05) is 16.5 Å².